The maximum Gasteiger partial charge on any atom is 0.274 e. The number of aromatic amines is 1. The second-order valence-electron chi connectivity index (χ2n) is 6.17. The van der Waals surface area contributed by atoms with Crippen molar-refractivity contribution in [3.05, 3.63) is 56.7 Å². The fourth-order valence-corrected chi connectivity index (χ4v) is 2.85. The second-order valence-corrected chi connectivity index (χ2v) is 6.53. The van der Waals surface area contributed by atoms with Crippen molar-refractivity contribution in [1.82, 2.24) is 19.7 Å². The normalized spacial score (nSPS) is 11.9. The lowest BCUT2D eigenvalue weighted by Gasteiger charge is -2.05. The first-order valence-corrected chi connectivity index (χ1v) is 8.23. The highest BCUT2D eigenvalue weighted by Crippen LogP contribution is 2.23. The Morgan fingerprint density at radius 1 is 1.29 bits per heavy atom. The van der Waals surface area contributed by atoms with E-state index in [1.54, 1.807) is 16.8 Å². The maximum atomic E-state index is 12.2. The van der Waals surface area contributed by atoms with Crippen LogP contribution in [-0.2, 0) is 6.54 Å². The lowest BCUT2D eigenvalue weighted by Crippen LogP contribution is -2.11. The molecule has 2 aromatic heterocycles. The summed E-state index contributed by atoms with van der Waals surface area (Å²) in [5, 5.41) is 5.04. The van der Waals surface area contributed by atoms with Crippen LogP contribution < -0.4 is 5.56 Å². The number of aromatic nitrogens is 4. The number of para-hydroxylation sites is 2. The first-order valence-electron chi connectivity index (χ1n) is 7.85. The zero-order valence-electron chi connectivity index (χ0n) is 13.9. The molecule has 1 N–H and O–H groups in total. The number of benzene rings is 1. The molecule has 0 unspecified atom stereocenters. The molecular formula is C18H19ClN4O. The molecule has 0 saturated carbocycles. The average molecular weight is 343 g/mol. The van der Waals surface area contributed by atoms with Gasteiger partial charge < -0.3 is 4.98 Å². The van der Waals surface area contributed by atoms with E-state index in [-0.39, 0.29) is 5.56 Å². The molecule has 1 aromatic carbocycles. The lowest BCUT2D eigenvalue weighted by molar-refractivity contribution is 0.482. The molecule has 6 heteroatoms. The Bertz CT molecular complexity index is 969. The van der Waals surface area contributed by atoms with Gasteiger partial charge in [-0.2, -0.15) is 5.10 Å². The summed E-state index contributed by atoms with van der Waals surface area (Å²) in [5.41, 5.74) is 3.23. The van der Waals surface area contributed by atoms with Gasteiger partial charge in [-0.1, -0.05) is 37.6 Å². The number of nitrogens with zero attached hydrogens (tertiary/aromatic N) is 3. The first-order chi connectivity index (χ1) is 11.5. The summed E-state index contributed by atoms with van der Waals surface area (Å²) in [5.74, 6) is 0.448. The molecule has 0 atom stereocenters. The predicted molar refractivity (Wildman–Crippen MR) is 98.1 cm³/mol. The van der Waals surface area contributed by atoms with Crippen molar-refractivity contribution in [3.8, 4) is 0 Å². The van der Waals surface area contributed by atoms with Crippen LogP contribution in [0, 0.1) is 12.8 Å². The fraction of sp³-hybridized carbons (Fsp3) is 0.278. The highest BCUT2D eigenvalue weighted by atomic mass is 35.5. The van der Waals surface area contributed by atoms with E-state index < -0.39 is 0 Å². The molecule has 5 nitrogen and oxygen atoms in total. The number of H-pyrrole nitrogens is 1. The molecular weight excluding hydrogens is 324 g/mol. The van der Waals surface area contributed by atoms with Crippen LogP contribution in [0.25, 0.3) is 23.2 Å². The van der Waals surface area contributed by atoms with Crippen LogP contribution in [-0.4, -0.2) is 19.7 Å². The summed E-state index contributed by atoms with van der Waals surface area (Å²) in [4.78, 5) is 19.4. The van der Waals surface area contributed by atoms with E-state index in [4.69, 9.17) is 11.6 Å². The van der Waals surface area contributed by atoms with Gasteiger partial charge in [0.15, 0.2) is 0 Å². The average Bonchev–Trinajstić information content (AvgIpc) is 2.79. The van der Waals surface area contributed by atoms with Crippen LogP contribution in [0.2, 0.25) is 5.15 Å². The van der Waals surface area contributed by atoms with Gasteiger partial charge in [0.05, 0.1) is 16.7 Å². The van der Waals surface area contributed by atoms with Crippen molar-refractivity contribution >= 4 is 34.8 Å². The Hall–Kier alpha value is -2.40. The fourth-order valence-electron chi connectivity index (χ4n) is 2.54. The summed E-state index contributed by atoms with van der Waals surface area (Å²) in [6, 6.07) is 7.44. The number of aryl methyl sites for hydroxylation is 1. The highest BCUT2D eigenvalue weighted by molar-refractivity contribution is 6.31. The Kier molecular flexibility index (Phi) is 4.53. The molecule has 0 bridgehead atoms. The van der Waals surface area contributed by atoms with Crippen molar-refractivity contribution in [2.24, 2.45) is 5.92 Å². The summed E-state index contributed by atoms with van der Waals surface area (Å²) in [6.45, 7) is 6.88. The molecule has 2 heterocycles. The third-order valence-corrected chi connectivity index (χ3v) is 4.08. The van der Waals surface area contributed by atoms with Crippen LogP contribution in [0.3, 0.4) is 0 Å². The monoisotopic (exact) mass is 342 g/mol. The lowest BCUT2D eigenvalue weighted by atomic mass is 10.2. The third kappa shape index (κ3) is 3.26. The van der Waals surface area contributed by atoms with Crippen molar-refractivity contribution < 1.29 is 0 Å². The molecule has 24 heavy (non-hydrogen) atoms. The zero-order chi connectivity index (χ0) is 17.3. The second kappa shape index (κ2) is 6.61. The molecule has 3 aromatic rings. The Balaban J connectivity index is 1.98. The van der Waals surface area contributed by atoms with Crippen molar-refractivity contribution in [3.63, 3.8) is 0 Å². The third-order valence-electron chi connectivity index (χ3n) is 3.68. The molecule has 0 aliphatic carbocycles. The predicted octanol–water partition coefficient (Wildman–Crippen LogP) is 3.91. The number of halogens is 1. The van der Waals surface area contributed by atoms with E-state index in [0.29, 0.717) is 16.8 Å². The largest absolute Gasteiger partial charge is 0.319 e. The number of fused-ring (bicyclic) bond motifs is 1. The van der Waals surface area contributed by atoms with Gasteiger partial charge in [-0.3, -0.25) is 9.48 Å². The zero-order valence-corrected chi connectivity index (χ0v) is 14.6. The minimum atomic E-state index is -0.228. The molecule has 0 aliphatic heterocycles. The Morgan fingerprint density at radius 2 is 2.04 bits per heavy atom. The molecule has 0 aliphatic rings. The molecule has 3 rings (SSSR count). The first kappa shape index (κ1) is 16.5. The number of hydrogen-bond donors (Lipinski definition) is 1. The van der Waals surface area contributed by atoms with Crippen molar-refractivity contribution in [2.45, 2.75) is 27.3 Å². The van der Waals surface area contributed by atoms with E-state index >= 15 is 0 Å². The molecule has 124 valence electrons. The van der Waals surface area contributed by atoms with Crippen LogP contribution >= 0.6 is 11.6 Å². The summed E-state index contributed by atoms with van der Waals surface area (Å²) in [6.07, 6.45) is 3.48. The summed E-state index contributed by atoms with van der Waals surface area (Å²) >= 11 is 6.42. The summed E-state index contributed by atoms with van der Waals surface area (Å²) < 4.78 is 1.79. The Labute approximate surface area is 145 Å². The molecule has 0 amide bonds. The van der Waals surface area contributed by atoms with Gasteiger partial charge in [0.2, 0.25) is 0 Å². The standard InChI is InChI=1S/C18H19ClN4O/c1-11(2)10-23-17(19)13(12(3)22-23)8-9-16-18(24)21-15-7-5-4-6-14(15)20-16/h4-9,11H,10H2,1-3H3,(H,21,24)/b9-8+. The number of rotatable bonds is 4. The minimum Gasteiger partial charge on any atom is -0.319 e. The quantitative estimate of drug-likeness (QED) is 0.781. The highest BCUT2D eigenvalue weighted by Gasteiger charge is 2.12. The van der Waals surface area contributed by atoms with E-state index in [1.165, 1.54) is 0 Å². The molecule has 0 saturated heterocycles. The topological polar surface area (TPSA) is 63.6 Å². The van der Waals surface area contributed by atoms with E-state index in [0.717, 1.165) is 28.8 Å². The number of hydrogen-bond acceptors (Lipinski definition) is 3. The van der Waals surface area contributed by atoms with Gasteiger partial charge in [-0.15, -0.1) is 0 Å². The van der Waals surface area contributed by atoms with Gasteiger partial charge in [-0.25, -0.2) is 4.98 Å². The van der Waals surface area contributed by atoms with Crippen LogP contribution in [0.5, 0.6) is 0 Å². The van der Waals surface area contributed by atoms with Crippen molar-refractivity contribution in [2.75, 3.05) is 0 Å². The van der Waals surface area contributed by atoms with Gasteiger partial charge in [0.1, 0.15) is 10.8 Å². The van der Waals surface area contributed by atoms with E-state index in [9.17, 15) is 4.79 Å². The van der Waals surface area contributed by atoms with Gasteiger partial charge in [-0.05, 0) is 37.1 Å². The molecule has 0 fully saturated rings. The van der Waals surface area contributed by atoms with Crippen LogP contribution in [0.1, 0.15) is 30.8 Å². The van der Waals surface area contributed by atoms with Gasteiger partial charge in [0.25, 0.3) is 5.56 Å². The summed E-state index contributed by atoms with van der Waals surface area (Å²) in [7, 11) is 0. The van der Waals surface area contributed by atoms with E-state index in [2.05, 4.69) is 28.9 Å². The van der Waals surface area contributed by atoms with Gasteiger partial charge in [0, 0.05) is 12.1 Å². The number of nitrogens with one attached hydrogen (secondary N) is 1. The van der Waals surface area contributed by atoms with Crippen LogP contribution in [0.4, 0.5) is 0 Å². The van der Waals surface area contributed by atoms with Crippen molar-refractivity contribution in [1.29, 1.82) is 0 Å². The minimum absolute atomic E-state index is 0.228. The molecule has 0 radical (unpaired) electrons. The Morgan fingerprint density at radius 3 is 2.79 bits per heavy atom. The van der Waals surface area contributed by atoms with Crippen LogP contribution in [0.15, 0.2) is 29.1 Å². The smallest absolute Gasteiger partial charge is 0.274 e. The van der Waals surface area contributed by atoms with E-state index in [1.807, 2.05) is 31.2 Å². The SMILES string of the molecule is Cc1nn(CC(C)C)c(Cl)c1/C=C/c1nc2ccccc2[nH]c1=O. The van der Waals surface area contributed by atoms with Gasteiger partial charge >= 0.3 is 0 Å². The maximum absolute atomic E-state index is 12.2. The molecule has 0 spiro atoms.